The van der Waals surface area contributed by atoms with Crippen LogP contribution in [0.25, 0.3) is 0 Å². The number of halogens is 2. The van der Waals surface area contributed by atoms with E-state index >= 15 is 0 Å². The van der Waals surface area contributed by atoms with Crippen LogP contribution in [0.2, 0.25) is 0 Å². The maximum Gasteiger partial charge on any atom is 0.123 e. The van der Waals surface area contributed by atoms with Crippen LogP contribution in [0.1, 0.15) is 18.4 Å². The van der Waals surface area contributed by atoms with Crippen molar-refractivity contribution in [1.82, 2.24) is 10.6 Å². The monoisotopic (exact) mass is 288 g/mol. The van der Waals surface area contributed by atoms with Crippen LogP contribution in [0.3, 0.4) is 0 Å². The molecule has 3 unspecified atom stereocenters. The van der Waals surface area contributed by atoms with Gasteiger partial charge in [-0.15, -0.1) is 12.4 Å². The lowest BCUT2D eigenvalue weighted by molar-refractivity contribution is 0.146. The lowest BCUT2D eigenvalue weighted by Gasteiger charge is -2.17. The van der Waals surface area contributed by atoms with Gasteiger partial charge in [-0.2, -0.15) is 0 Å². The van der Waals surface area contributed by atoms with Gasteiger partial charge in [0, 0.05) is 32.1 Å². The van der Waals surface area contributed by atoms with Crippen molar-refractivity contribution in [3.05, 3.63) is 35.6 Å². The number of rotatable bonds is 5. The third-order valence-electron chi connectivity index (χ3n) is 3.60. The topological polar surface area (TPSA) is 44.3 Å². The van der Waals surface area contributed by atoms with E-state index < -0.39 is 0 Å². The molecule has 3 N–H and O–H groups in total. The molecule has 0 saturated carbocycles. The van der Waals surface area contributed by atoms with Crippen LogP contribution in [0.5, 0.6) is 0 Å². The minimum atomic E-state index is -0.237. The quantitative estimate of drug-likeness (QED) is 0.770. The summed E-state index contributed by atoms with van der Waals surface area (Å²) in [6.45, 7) is 5.34. The van der Waals surface area contributed by atoms with Crippen molar-refractivity contribution in [2.45, 2.75) is 18.9 Å². The molecular formula is C14H22ClFN2O. The fourth-order valence-electron chi connectivity index (χ4n) is 2.32. The van der Waals surface area contributed by atoms with Crippen molar-refractivity contribution in [1.29, 1.82) is 0 Å². The molecule has 2 rings (SSSR count). The molecule has 5 heteroatoms. The fraction of sp³-hybridized carbons (Fsp3) is 0.571. The summed E-state index contributed by atoms with van der Waals surface area (Å²) in [5.41, 5.74) is 1.13. The van der Waals surface area contributed by atoms with Gasteiger partial charge in [-0.05, 0) is 23.6 Å². The fourth-order valence-corrected chi connectivity index (χ4v) is 2.32. The van der Waals surface area contributed by atoms with E-state index in [1.54, 1.807) is 0 Å². The molecular weight excluding hydrogens is 267 g/mol. The van der Waals surface area contributed by atoms with E-state index in [1.165, 1.54) is 12.1 Å². The Hall–Kier alpha value is -0.680. The molecule has 19 heavy (non-hydrogen) atoms. The predicted molar refractivity (Wildman–Crippen MR) is 77.3 cm³/mol. The first kappa shape index (κ1) is 16.4. The van der Waals surface area contributed by atoms with Gasteiger partial charge in [-0.3, -0.25) is 0 Å². The van der Waals surface area contributed by atoms with Crippen molar-refractivity contribution in [2.24, 2.45) is 5.92 Å². The third-order valence-corrected chi connectivity index (χ3v) is 3.60. The predicted octanol–water partition coefficient (Wildman–Crippen LogP) is 1.52. The molecule has 1 aromatic rings. The molecule has 1 heterocycles. The highest BCUT2D eigenvalue weighted by Crippen LogP contribution is 2.15. The van der Waals surface area contributed by atoms with Crippen molar-refractivity contribution < 1.29 is 9.50 Å². The zero-order valence-electron chi connectivity index (χ0n) is 11.1. The summed E-state index contributed by atoms with van der Waals surface area (Å²) < 4.78 is 12.8. The van der Waals surface area contributed by atoms with Gasteiger partial charge in [0.2, 0.25) is 0 Å². The average molecular weight is 289 g/mol. The highest BCUT2D eigenvalue weighted by molar-refractivity contribution is 5.85. The van der Waals surface area contributed by atoms with Crippen LogP contribution in [0, 0.1) is 11.7 Å². The highest BCUT2D eigenvalue weighted by atomic mass is 35.5. The largest absolute Gasteiger partial charge is 0.391 e. The van der Waals surface area contributed by atoms with E-state index in [1.807, 2.05) is 12.1 Å². The number of hydrogen-bond acceptors (Lipinski definition) is 3. The number of benzene rings is 1. The first-order valence-electron chi connectivity index (χ1n) is 6.52. The van der Waals surface area contributed by atoms with Gasteiger partial charge in [-0.25, -0.2) is 4.39 Å². The van der Waals surface area contributed by atoms with Crippen LogP contribution in [0.15, 0.2) is 24.3 Å². The summed E-state index contributed by atoms with van der Waals surface area (Å²) >= 11 is 0. The van der Waals surface area contributed by atoms with Gasteiger partial charge in [0.05, 0.1) is 6.10 Å². The van der Waals surface area contributed by atoms with E-state index in [0.717, 1.165) is 25.2 Å². The van der Waals surface area contributed by atoms with Crippen molar-refractivity contribution in [3.8, 4) is 0 Å². The van der Waals surface area contributed by atoms with Crippen molar-refractivity contribution >= 4 is 12.4 Å². The summed E-state index contributed by atoms with van der Waals surface area (Å²) in [5.74, 6) is 0.446. The molecule has 0 bridgehead atoms. The summed E-state index contributed by atoms with van der Waals surface area (Å²) in [5, 5.41) is 16.2. The third kappa shape index (κ3) is 4.73. The van der Waals surface area contributed by atoms with Gasteiger partial charge >= 0.3 is 0 Å². The lowest BCUT2D eigenvalue weighted by Crippen LogP contribution is -2.32. The standard InChI is InChI=1S/C14H21FN2O.ClH/c1-10(11-2-4-13(15)5-3-11)6-16-7-12-8-17-9-14(12)18;/h2-5,10,12,14,16-18H,6-9H2,1H3;1H. The van der Waals surface area contributed by atoms with Crippen LogP contribution >= 0.6 is 12.4 Å². The maximum atomic E-state index is 12.8. The molecule has 0 aromatic heterocycles. The molecule has 0 aliphatic carbocycles. The minimum absolute atomic E-state index is 0. The molecule has 0 radical (unpaired) electrons. The van der Waals surface area contributed by atoms with E-state index in [9.17, 15) is 9.50 Å². The molecule has 0 spiro atoms. The Balaban J connectivity index is 0.00000180. The number of aliphatic hydroxyl groups is 1. The Kier molecular flexibility index (Phi) is 6.72. The Bertz CT molecular complexity index is 374. The SMILES string of the molecule is CC(CNCC1CNCC1O)c1ccc(F)cc1.Cl. The lowest BCUT2D eigenvalue weighted by atomic mass is 10.0. The molecule has 1 aliphatic heterocycles. The summed E-state index contributed by atoms with van der Waals surface area (Å²) in [6, 6.07) is 6.65. The second-order valence-electron chi connectivity index (χ2n) is 5.10. The van der Waals surface area contributed by atoms with Gasteiger partial charge in [-0.1, -0.05) is 19.1 Å². The van der Waals surface area contributed by atoms with Crippen LogP contribution in [0.4, 0.5) is 4.39 Å². The van der Waals surface area contributed by atoms with E-state index in [-0.39, 0.29) is 24.3 Å². The molecule has 3 nitrogen and oxygen atoms in total. The molecule has 3 atom stereocenters. The summed E-state index contributed by atoms with van der Waals surface area (Å²) in [4.78, 5) is 0. The Morgan fingerprint density at radius 2 is 2.05 bits per heavy atom. The molecule has 1 fully saturated rings. The van der Waals surface area contributed by atoms with Gasteiger partial charge in [0.25, 0.3) is 0 Å². The Morgan fingerprint density at radius 1 is 1.37 bits per heavy atom. The number of hydrogen-bond donors (Lipinski definition) is 3. The summed E-state index contributed by atoms with van der Waals surface area (Å²) in [7, 11) is 0. The molecule has 0 amide bonds. The first-order valence-corrected chi connectivity index (χ1v) is 6.52. The van der Waals surface area contributed by atoms with Crippen LogP contribution in [-0.4, -0.2) is 37.4 Å². The van der Waals surface area contributed by atoms with Gasteiger partial charge in [0.1, 0.15) is 5.82 Å². The second-order valence-corrected chi connectivity index (χ2v) is 5.10. The first-order chi connectivity index (χ1) is 8.66. The van der Waals surface area contributed by atoms with Crippen LogP contribution < -0.4 is 10.6 Å². The number of β-amino-alcohol motifs (C(OH)–C–C–N with tert-alkyl or cyclic N) is 1. The minimum Gasteiger partial charge on any atom is -0.391 e. The average Bonchev–Trinajstić information content (AvgIpc) is 2.76. The summed E-state index contributed by atoms with van der Waals surface area (Å²) in [6.07, 6.45) is -0.237. The Morgan fingerprint density at radius 3 is 2.63 bits per heavy atom. The van der Waals surface area contributed by atoms with E-state index in [2.05, 4.69) is 17.6 Å². The van der Waals surface area contributed by atoms with E-state index in [4.69, 9.17) is 0 Å². The second kappa shape index (κ2) is 7.80. The zero-order chi connectivity index (χ0) is 13.0. The van der Waals surface area contributed by atoms with Crippen molar-refractivity contribution in [3.63, 3.8) is 0 Å². The van der Waals surface area contributed by atoms with E-state index in [0.29, 0.717) is 18.4 Å². The number of aliphatic hydroxyl groups excluding tert-OH is 1. The molecule has 1 aliphatic rings. The van der Waals surface area contributed by atoms with Crippen LogP contribution in [-0.2, 0) is 0 Å². The smallest absolute Gasteiger partial charge is 0.123 e. The van der Waals surface area contributed by atoms with Crippen molar-refractivity contribution in [2.75, 3.05) is 26.2 Å². The highest BCUT2D eigenvalue weighted by Gasteiger charge is 2.24. The number of nitrogens with one attached hydrogen (secondary N) is 2. The normalized spacial score (nSPS) is 23.9. The maximum absolute atomic E-state index is 12.8. The van der Waals surface area contributed by atoms with Gasteiger partial charge in [0.15, 0.2) is 0 Å². The van der Waals surface area contributed by atoms with Gasteiger partial charge < -0.3 is 15.7 Å². The Labute approximate surface area is 120 Å². The molecule has 1 saturated heterocycles. The molecule has 108 valence electrons. The molecule has 1 aromatic carbocycles. The zero-order valence-corrected chi connectivity index (χ0v) is 11.9.